The zero-order valence-electron chi connectivity index (χ0n) is 9.62. The number of nitrogens with one attached hydrogen (secondary N) is 1. The third-order valence-corrected chi connectivity index (χ3v) is 2.77. The first-order valence-electron chi connectivity index (χ1n) is 5.07. The third kappa shape index (κ3) is 2.74. The molecule has 90 valence electrons. The van der Waals surface area contributed by atoms with E-state index in [0.29, 0.717) is 17.3 Å². The summed E-state index contributed by atoms with van der Waals surface area (Å²) in [7, 11) is 0. The van der Waals surface area contributed by atoms with Gasteiger partial charge in [-0.2, -0.15) is 5.10 Å². The van der Waals surface area contributed by atoms with Crippen molar-refractivity contribution in [3.8, 4) is 0 Å². The van der Waals surface area contributed by atoms with Crippen LogP contribution < -0.4 is 5.32 Å². The fourth-order valence-electron chi connectivity index (χ4n) is 1.49. The van der Waals surface area contributed by atoms with Gasteiger partial charge in [0.1, 0.15) is 5.54 Å². The summed E-state index contributed by atoms with van der Waals surface area (Å²) in [6.07, 6.45) is 1.63. The predicted octanol–water partition coefficient (Wildman–Crippen LogP) is 1.30. The van der Waals surface area contributed by atoms with E-state index in [4.69, 9.17) is 16.7 Å². The van der Waals surface area contributed by atoms with Crippen molar-refractivity contribution in [1.82, 2.24) is 15.1 Å². The highest BCUT2D eigenvalue weighted by atomic mass is 35.5. The van der Waals surface area contributed by atoms with Crippen molar-refractivity contribution in [3.63, 3.8) is 0 Å². The second-order valence-corrected chi connectivity index (χ2v) is 4.33. The van der Waals surface area contributed by atoms with Crippen molar-refractivity contribution >= 4 is 17.6 Å². The number of likely N-dealkylation sites (N-methyl/N-ethyl adjacent to an activating group) is 1. The number of carboxylic acids is 1. The van der Waals surface area contributed by atoms with E-state index < -0.39 is 11.5 Å². The Kier molecular flexibility index (Phi) is 3.93. The van der Waals surface area contributed by atoms with E-state index in [-0.39, 0.29) is 6.54 Å². The van der Waals surface area contributed by atoms with Gasteiger partial charge in [0.05, 0.1) is 17.3 Å². The molecule has 0 aliphatic carbocycles. The molecule has 16 heavy (non-hydrogen) atoms. The molecule has 0 aromatic carbocycles. The molecule has 6 heteroatoms. The molecule has 0 bridgehead atoms. The molecule has 2 N–H and O–H groups in total. The average Bonchev–Trinajstić information content (AvgIpc) is 2.45. The fraction of sp³-hybridized carbons (Fsp3) is 0.600. The molecule has 1 rings (SSSR count). The van der Waals surface area contributed by atoms with Crippen molar-refractivity contribution in [3.05, 3.63) is 16.9 Å². The normalized spacial score (nSPS) is 14.8. The van der Waals surface area contributed by atoms with Crippen LogP contribution in [0.15, 0.2) is 6.20 Å². The number of halogens is 1. The predicted molar refractivity (Wildman–Crippen MR) is 61.7 cm³/mol. The van der Waals surface area contributed by atoms with E-state index in [1.807, 2.05) is 6.92 Å². The van der Waals surface area contributed by atoms with Gasteiger partial charge in [-0.3, -0.25) is 9.48 Å². The summed E-state index contributed by atoms with van der Waals surface area (Å²) in [5, 5.41) is 16.8. The summed E-state index contributed by atoms with van der Waals surface area (Å²) < 4.78 is 1.55. The highest BCUT2D eigenvalue weighted by Gasteiger charge is 2.33. The SMILES string of the molecule is CCNC(C)(Cn1cc(Cl)c(C)n1)C(=O)O. The minimum Gasteiger partial charge on any atom is -0.480 e. The molecule has 0 aliphatic heterocycles. The molecule has 1 unspecified atom stereocenters. The van der Waals surface area contributed by atoms with E-state index in [9.17, 15) is 4.79 Å². The van der Waals surface area contributed by atoms with Gasteiger partial charge in [0.25, 0.3) is 0 Å². The van der Waals surface area contributed by atoms with Crippen molar-refractivity contribution in [2.45, 2.75) is 32.9 Å². The smallest absolute Gasteiger partial charge is 0.325 e. The van der Waals surface area contributed by atoms with Gasteiger partial charge in [0, 0.05) is 6.20 Å². The van der Waals surface area contributed by atoms with Gasteiger partial charge in [-0.1, -0.05) is 18.5 Å². The second-order valence-electron chi connectivity index (χ2n) is 3.93. The zero-order chi connectivity index (χ0) is 12.3. The maximum atomic E-state index is 11.2. The molecular weight excluding hydrogens is 230 g/mol. The van der Waals surface area contributed by atoms with Gasteiger partial charge in [-0.15, -0.1) is 0 Å². The number of aryl methyl sites for hydroxylation is 1. The fourth-order valence-corrected chi connectivity index (χ4v) is 1.64. The summed E-state index contributed by atoms with van der Waals surface area (Å²) in [6, 6.07) is 0. The van der Waals surface area contributed by atoms with E-state index in [2.05, 4.69) is 10.4 Å². The Morgan fingerprint density at radius 3 is 2.75 bits per heavy atom. The number of aliphatic carboxylic acids is 1. The molecule has 1 atom stereocenters. The Morgan fingerprint density at radius 1 is 1.75 bits per heavy atom. The summed E-state index contributed by atoms with van der Waals surface area (Å²) in [6.45, 7) is 6.09. The van der Waals surface area contributed by atoms with Gasteiger partial charge in [0.2, 0.25) is 0 Å². The monoisotopic (exact) mass is 245 g/mol. The topological polar surface area (TPSA) is 67.2 Å². The van der Waals surface area contributed by atoms with Crippen LogP contribution in [0.1, 0.15) is 19.5 Å². The Morgan fingerprint density at radius 2 is 2.38 bits per heavy atom. The molecule has 0 saturated heterocycles. The summed E-state index contributed by atoms with van der Waals surface area (Å²) >= 11 is 5.86. The Balaban J connectivity index is 2.87. The van der Waals surface area contributed by atoms with Gasteiger partial charge < -0.3 is 10.4 Å². The summed E-state index contributed by atoms with van der Waals surface area (Å²) in [4.78, 5) is 11.2. The van der Waals surface area contributed by atoms with Crippen LogP contribution in [0.4, 0.5) is 0 Å². The van der Waals surface area contributed by atoms with Crippen LogP contribution >= 0.6 is 11.6 Å². The van der Waals surface area contributed by atoms with Crippen molar-refractivity contribution in [2.75, 3.05) is 6.54 Å². The lowest BCUT2D eigenvalue weighted by Crippen LogP contribution is -2.52. The van der Waals surface area contributed by atoms with Crippen LogP contribution in [0, 0.1) is 6.92 Å². The Hall–Kier alpha value is -1.07. The van der Waals surface area contributed by atoms with Crippen LogP contribution in [-0.2, 0) is 11.3 Å². The highest BCUT2D eigenvalue weighted by molar-refractivity contribution is 6.31. The molecule has 0 aliphatic rings. The molecule has 0 radical (unpaired) electrons. The lowest BCUT2D eigenvalue weighted by atomic mass is 10.0. The van der Waals surface area contributed by atoms with Gasteiger partial charge >= 0.3 is 5.97 Å². The first kappa shape index (κ1) is 13.0. The maximum Gasteiger partial charge on any atom is 0.325 e. The molecule has 0 amide bonds. The van der Waals surface area contributed by atoms with Crippen molar-refractivity contribution in [2.24, 2.45) is 0 Å². The van der Waals surface area contributed by atoms with Crippen LogP contribution in [0.25, 0.3) is 0 Å². The van der Waals surface area contributed by atoms with Gasteiger partial charge in [0.15, 0.2) is 0 Å². The number of hydrogen-bond donors (Lipinski definition) is 2. The zero-order valence-corrected chi connectivity index (χ0v) is 10.4. The van der Waals surface area contributed by atoms with Gasteiger partial charge in [-0.25, -0.2) is 0 Å². The van der Waals surface area contributed by atoms with Crippen LogP contribution in [0.3, 0.4) is 0 Å². The number of hydrogen-bond acceptors (Lipinski definition) is 3. The molecule has 1 aromatic heterocycles. The summed E-state index contributed by atoms with van der Waals surface area (Å²) in [5.41, 5.74) is -0.331. The van der Waals surface area contributed by atoms with E-state index in [0.717, 1.165) is 0 Å². The van der Waals surface area contributed by atoms with Crippen LogP contribution in [0.5, 0.6) is 0 Å². The first-order valence-corrected chi connectivity index (χ1v) is 5.45. The lowest BCUT2D eigenvalue weighted by molar-refractivity contribution is -0.144. The largest absolute Gasteiger partial charge is 0.480 e. The van der Waals surface area contributed by atoms with E-state index >= 15 is 0 Å². The molecule has 0 saturated carbocycles. The lowest BCUT2D eigenvalue weighted by Gasteiger charge is -2.25. The third-order valence-electron chi connectivity index (χ3n) is 2.40. The van der Waals surface area contributed by atoms with Crippen LogP contribution in [-0.4, -0.2) is 32.9 Å². The second kappa shape index (κ2) is 4.84. The Bertz CT molecular complexity index is 372. The molecule has 5 nitrogen and oxygen atoms in total. The molecule has 1 heterocycles. The summed E-state index contributed by atoms with van der Waals surface area (Å²) in [5.74, 6) is -0.904. The molecule has 0 spiro atoms. The minimum absolute atomic E-state index is 0.240. The van der Waals surface area contributed by atoms with E-state index in [1.54, 1.807) is 24.7 Å². The quantitative estimate of drug-likeness (QED) is 0.821. The maximum absolute atomic E-state index is 11.2. The standard InChI is InChI=1S/C10H16ClN3O2/c1-4-12-10(3,9(15)16)6-14-5-8(11)7(2)13-14/h5,12H,4,6H2,1-3H3,(H,15,16). The van der Waals surface area contributed by atoms with Crippen molar-refractivity contribution in [1.29, 1.82) is 0 Å². The average molecular weight is 246 g/mol. The minimum atomic E-state index is -1.03. The Labute approximate surface area is 99.4 Å². The van der Waals surface area contributed by atoms with E-state index in [1.165, 1.54) is 0 Å². The number of carboxylic acid groups (broad SMARTS) is 1. The number of nitrogens with zero attached hydrogens (tertiary/aromatic N) is 2. The van der Waals surface area contributed by atoms with Gasteiger partial charge in [-0.05, 0) is 20.4 Å². The molecule has 1 aromatic rings. The first-order chi connectivity index (χ1) is 7.39. The van der Waals surface area contributed by atoms with Crippen LogP contribution in [0.2, 0.25) is 5.02 Å². The highest BCUT2D eigenvalue weighted by Crippen LogP contribution is 2.15. The number of aromatic nitrogens is 2. The van der Waals surface area contributed by atoms with Crippen molar-refractivity contribution < 1.29 is 9.90 Å². The molecule has 0 fully saturated rings. The number of carbonyl (C=O) groups is 1. The number of rotatable bonds is 5. The molecular formula is C10H16ClN3O2.